The molecular formula is C35H29F3N4O4. The lowest BCUT2D eigenvalue weighted by Crippen LogP contribution is -2.42. The number of carbonyl (C=O) groups is 2. The zero-order valence-electron chi connectivity index (χ0n) is 24.5. The van der Waals surface area contributed by atoms with Gasteiger partial charge < -0.3 is 25.1 Å². The minimum absolute atomic E-state index is 0.00462. The SMILES string of the molecule is Nc1ccc(/C=C/C(=O)NCc2cc3cc(-c4ccc(C(=O)N5CCC(F)(F)CC5)cc4)cc(Oc4cccc(F)c4)c3o2)cn1. The Hall–Kier alpha value is -5.58. The highest BCUT2D eigenvalue weighted by Crippen LogP contribution is 2.37. The first-order valence-corrected chi connectivity index (χ1v) is 14.6. The van der Waals surface area contributed by atoms with Gasteiger partial charge in [0.05, 0.1) is 6.54 Å². The van der Waals surface area contributed by atoms with E-state index in [0.717, 1.165) is 11.1 Å². The Bertz CT molecular complexity index is 1910. The van der Waals surface area contributed by atoms with Crippen molar-refractivity contribution < 1.29 is 31.9 Å². The summed E-state index contributed by atoms with van der Waals surface area (Å²) in [6.45, 7) is 0.0983. The van der Waals surface area contributed by atoms with Crippen LogP contribution in [0.1, 0.15) is 34.5 Å². The zero-order chi connectivity index (χ0) is 32.3. The number of nitrogens with two attached hydrogens (primary N) is 1. The van der Waals surface area contributed by atoms with Gasteiger partial charge in [0.25, 0.3) is 11.8 Å². The molecule has 0 radical (unpaired) electrons. The Labute approximate surface area is 262 Å². The highest BCUT2D eigenvalue weighted by atomic mass is 19.3. The summed E-state index contributed by atoms with van der Waals surface area (Å²) in [7, 11) is 0. The van der Waals surface area contributed by atoms with Gasteiger partial charge in [-0.2, -0.15) is 0 Å². The van der Waals surface area contributed by atoms with Gasteiger partial charge in [-0.1, -0.05) is 18.2 Å². The van der Waals surface area contributed by atoms with Gasteiger partial charge in [0, 0.05) is 55.2 Å². The van der Waals surface area contributed by atoms with Gasteiger partial charge in [-0.25, -0.2) is 18.2 Å². The Morgan fingerprint density at radius 3 is 2.50 bits per heavy atom. The minimum Gasteiger partial charge on any atom is -0.455 e. The summed E-state index contributed by atoms with van der Waals surface area (Å²) in [5, 5.41) is 3.45. The van der Waals surface area contributed by atoms with Crippen molar-refractivity contribution >= 4 is 34.7 Å². The second-order valence-electron chi connectivity index (χ2n) is 11.0. The molecule has 1 saturated heterocycles. The molecule has 2 amide bonds. The van der Waals surface area contributed by atoms with Crippen LogP contribution in [0.25, 0.3) is 28.2 Å². The Morgan fingerprint density at radius 2 is 1.78 bits per heavy atom. The van der Waals surface area contributed by atoms with Gasteiger partial charge >= 0.3 is 0 Å². The molecule has 0 saturated carbocycles. The lowest BCUT2D eigenvalue weighted by atomic mass is 10.0. The van der Waals surface area contributed by atoms with E-state index >= 15 is 0 Å². The average Bonchev–Trinajstić information content (AvgIpc) is 3.47. The van der Waals surface area contributed by atoms with E-state index < -0.39 is 11.7 Å². The van der Waals surface area contributed by atoms with Crippen molar-refractivity contribution in [2.24, 2.45) is 0 Å². The normalized spacial score (nSPS) is 14.5. The number of benzene rings is 3. The van der Waals surface area contributed by atoms with Crippen LogP contribution in [0, 0.1) is 5.82 Å². The second-order valence-corrected chi connectivity index (χ2v) is 11.0. The summed E-state index contributed by atoms with van der Waals surface area (Å²) in [6.07, 6.45) is 3.85. The van der Waals surface area contributed by atoms with Crippen molar-refractivity contribution in [3.05, 3.63) is 114 Å². The number of nitrogens with zero attached hydrogens (tertiary/aromatic N) is 2. The highest BCUT2D eigenvalue weighted by molar-refractivity contribution is 5.95. The molecule has 3 aromatic carbocycles. The zero-order valence-corrected chi connectivity index (χ0v) is 24.5. The predicted octanol–water partition coefficient (Wildman–Crippen LogP) is 7.21. The number of piperidine rings is 1. The number of pyridine rings is 1. The van der Waals surface area contributed by atoms with E-state index in [-0.39, 0.29) is 50.0 Å². The molecule has 0 atom stereocenters. The van der Waals surface area contributed by atoms with Crippen molar-refractivity contribution in [3.63, 3.8) is 0 Å². The van der Waals surface area contributed by atoms with E-state index in [1.807, 2.05) is 6.07 Å². The van der Waals surface area contributed by atoms with E-state index in [0.29, 0.717) is 39.4 Å². The maximum absolute atomic E-state index is 13.9. The summed E-state index contributed by atoms with van der Waals surface area (Å²) in [5.74, 6) is -2.42. The molecular weight excluding hydrogens is 597 g/mol. The topological polar surface area (TPSA) is 111 Å². The first kappa shape index (κ1) is 30.4. The van der Waals surface area contributed by atoms with Crippen LogP contribution in [0.15, 0.2) is 95.6 Å². The molecule has 8 nitrogen and oxygen atoms in total. The number of halogens is 3. The number of furan rings is 1. The average molecular weight is 627 g/mol. The smallest absolute Gasteiger partial charge is 0.253 e. The number of aromatic nitrogens is 1. The van der Waals surface area contributed by atoms with Gasteiger partial charge in [0.2, 0.25) is 5.91 Å². The van der Waals surface area contributed by atoms with Crippen molar-refractivity contribution in [2.75, 3.05) is 18.8 Å². The molecule has 11 heteroatoms. The van der Waals surface area contributed by atoms with Gasteiger partial charge in [-0.15, -0.1) is 0 Å². The van der Waals surface area contributed by atoms with Crippen LogP contribution in [0.4, 0.5) is 19.0 Å². The van der Waals surface area contributed by atoms with E-state index in [2.05, 4.69) is 10.3 Å². The molecule has 0 unspecified atom stereocenters. The molecule has 3 heterocycles. The predicted molar refractivity (Wildman–Crippen MR) is 168 cm³/mol. The van der Waals surface area contributed by atoms with Crippen LogP contribution >= 0.6 is 0 Å². The highest BCUT2D eigenvalue weighted by Gasteiger charge is 2.35. The van der Waals surface area contributed by atoms with E-state index in [4.69, 9.17) is 14.9 Å². The number of hydrogen-bond donors (Lipinski definition) is 2. The van der Waals surface area contributed by atoms with Crippen molar-refractivity contribution in [1.82, 2.24) is 15.2 Å². The number of alkyl halides is 2. The monoisotopic (exact) mass is 626 g/mol. The second kappa shape index (κ2) is 12.8. The Balaban J connectivity index is 1.23. The van der Waals surface area contributed by atoms with Crippen LogP contribution < -0.4 is 15.8 Å². The Morgan fingerprint density at radius 1 is 1.00 bits per heavy atom. The molecule has 0 aliphatic carbocycles. The van der Waals surface area contributed by atoms with Gasteiger partial charge in [-0.05, 0) is 77.4 Å². The number of likely N-dealkylation sites (tertiary alicyclic amines) is 1. The van der Waals surface area contributed by atoms with Crippen LogP contribution in [0.3, 0.4) is 0 Å². The van der Waals surface area contributed by atoms with Crippen LogP contribution in [-0.2, 0) is 11.3 Å². The minimum atomic E-state index is -2.74. The van der Waals surface area contributed by atoms with Crippen LogP contribution in [-0.4, -0.2) is 40.7 Å². The summed E-state index contributed by atoms with van der Waals surface area (Å²) in [4.78, 5) is 30.8. The number of carbonyl (C=O) groups excluding carboxylic acids is 2. The largest absolute Gasteiger partial charge is 0.455 e. The third-order valence-corrected chi connectivity index (χ3v) is 7.58. The van der Waals surface area contributed by atoms with Crippen LogP contribution in [0.2, 0.25) is 0 Å². The molecule has 6 rings (SSSR count). The number of ether oxygens (including phenoxy) is 1. The van der Waals surface area contributed by atoms with Gasteiger partial charge in [-0.3, -0.25) is 9.59 Å². The number of anilines is 1. The summed E-state index contributed by atoms with van der Waals surface area (Å²) >= 11 is 0. The number of nitrogen functional groups attached to an aromatic ring is 1. The quantitative estimate of drug-likeness (QED) is 0.176. The van der Waals surface area contributed by atoms with Crippen molar-refractivity contribution in [2.45, 2.75) is 25.3 Å². The summed E-state index contributed by atoms with van der Waals surface area (Å²) in [6, 6.07) is 21.3. The first-order chi connectivity index (χ1) is 22.1. The summed E-state index contributed by atoms with van der Waals surface area (Å²) in [5.41, 5.74) is 8.59. The number of hydrogen-bond acceptors (Lipinski definition) is 6. The molecule has 1 fully saturated rings. The molecule has 2 aromatic heterocycles. The van der Waals surface area contributed by atoms with Crippen molar-refractivity contribution in [1.29, 1.82) is 0 Å². The lowest BCUT2D eigenvalue weighted by Gasteiger charge is -2.31. The molecule has 1 aliphatic heterocycles. The van der Waals surface area contributed by atoms with E-state index in [1.165, 1.54) is 29.2 Å². The number of fused-ring (bicyclic) bond motifs is 1. The van der Waals surface area contributed by atoms with E-state index in [1.54, 1.807) is 66.9 Å². The molecule has 0 bridgehead atoms. The Kier molecular flexibility index (Phi) is 8.47. The van der Waals surface area contributed by atoms with E-state index in [9.17, 15) is 22.8 Å². The van der Waals surface area contributed by atoms with Gasteiger partial charge in [0.15, 0.2) is 11.3 Å². The lowest BCUT2D eigenvalue weighted by molar-refractivity contribution is -0.116. The number of rotatable bonds is 8. The number of nitrogens with one attached hydrogen (secondary N) is 1. The van der Waals surface area contributed by atoms with Crippen molar-refractivity contribution in [3.8, 4) is 22.6 Å². The third kappa shape index (κ3) is 7.20. The molecule has 1 aliphatic rings. The van der Waals surface area contributed by atoms with Gasteiger partial charge in [0.1, 0.15) is 23.1 Å². The summed E-state index contributed by atoms with van der Waals surface area (Å²) < 4.78 is 53.2. The molecule has 5 aromatic rings. The molecule has 234 valence electrons. The maximum Gasteiger partial charge on any atom is 0.253 e. The third-order valence-electron chi connectivity index (χ3n) is 7.58. The maximum atomic E-state index is 13.9. The first-order valence-electron chi connectivity index (χ1n) is 14.6. The fraction of sp³-hybridized carbons (Fsp3) is 0.171. The molecule has 3 N–H and O–H groups in total. The number of amides is 2. The molecule has 0 spiro atoms. The fourth-order valence-corrected chi connectivity index (χ4v) is 5.11. The molecule has 46 heavy (non-hydrogen) atoms. The fourth-order valence-electron chi connectivity index (χ4n) is 5.11. The van der Waals surface area contributed by atoms with Crippen LogP contribution in [0.5, 0.6) is 11.5 Å². The standard InChI is InChI=1S/C35H29F3N4O4/c36-27-2-1-3-28(19-27)45-30-18-25(23-6-8-24(9-7-23)34(44)42-14-12-35(37,38)13-15-42)16-26-17-29(46-33(26)30)21-41-32(43)11-5-22-4-10-31(39)40-20-22/h1-11,16-20H,12-15,21H2,(H2,39,40)(H,41,43)/b11-5+.